The van der Waals surface area contributed by atoms with Gasteiger partial charge in [-0.25, -0.2) is 0 Å². The minimum Gasteiger partial charge on any atom is -0.308 e. The third-order valence-electron chi connectivity index (χ3n) is 5.01. The van der Waals surface area contributed by atoms with Gasteiger partial charge in [0.1, 0.15) is 0 Å². The average Bonchev–Trinajstić information content (AvgIpc) is 3.00. The molecule has 4 atom stereocenters. The predicted octanol–water partition coefficient (Wildman–Crippen LogP) is 3.30. The Kier molecular flexibility index (Phi) is 3.38. The quantitative estimate of drug-likeness (QED) is 0.879. The molecule has 4 unspecified atom stereocenters. The SMILES string of the molecule is Cc1ccc(CNC(C)C2CC3CCC2C3)nc1. The van der Waals surface area contributed by atoms with Crippen molar-refractivity contribution < 1.29 is 0 Å². The van der Waals surface area contributed by atoms with Gasteiger partial charge in [0.15, 0.2) is 0 Å². The summed E-state index contributed by atoms with van der Waals surface area (Å²) >= 11 is 0. The molecule has 98 valence electrons. The number of hydrogen-bond acceptors (Lipinski definition) is 2. The highest BCUT2D eigenvalue weighted by Gasteiger charge is 2.41. The Hall–Kier alpha value is -0.890. The molecule has 2 aliphatic carbocycles. The number of aryl methyl sites for hydroxylation is 1. The van der Waals surface area contributed by atoms with Crippen LogP contribution in [0.1, 0.15) is 43.9 Å². The Morgan fingerprint density at radius 2 is 2.22 bits per heavy atom. The van der Waals surface area contributed by atoms with Gasteiger partial charge < -0.3 is 5.32 Å². The van der Waals surface area contributed by atoms with E-state index in [9.17, 15) is 0 Å². The number of nitrogens with one attached hydrogen (secondary N) is 1. The Morgan fingerprint density at radius 1 is 1.33 bits per heavy atom. The molecule has 1 N–H and O–H groups in total. The molecule has 2 nitrogen and oxygen atoms in total. The van der Waals surface area contributed by atoms with Crippen LogP contribution in [0.15, 0.2) is 18.3 Å². The summed E-state index contributed by atoms with van der Waals surface area (Å²) in [5.41, 5.74) is 2.40. The van der Waals surface area contributed by atoms with Gasteiger partial charge in [0, 0.05) is 18.8 Å². The number of aromatic nitrogens is 1. The zero-order chi connectivity index (χ0) is 12.5. The molecule has 2 aliphatic rings. The first-order valence-electron chi connectivity index (χ1n) is 7.37. The van der Waals surface area contributed by atoms with Crippen LogP contribution in [0.4, 0.5) is 0 Å². The molecule has 0 spiro atoms. The molecular formula is C16H24N2. The Morgan fingerprint density at radius 3 is 2.83 bits per heavy atom. The Balaban J connectivity index is 1.52. The second kappa shape index (κ2) is 5.00. The molecule has 2 saturated carbocycles. The Bertz CT molecular complexity index is 398. The van der Waals surface area contributed by atoms with Gasteiger partial charge in [0.05, 0.1) is 5.69 Å². The maximum Gasteiger partial charge on any atom is 0.0541 e. The maximum atomic E-state index is 4.46. The second-order valence-electron chi connectivity index (χ2n) is 6.34. The van der Waals surface area contributed by atoms with E-state index < -0.39 is 0 Å². The highest BCUT2D eigenvalue weighted by molar-refractivity contribution is 5.12. The molecule has 18 heavy (non-hydrogen) atoms. The molecule has 0 saturated heterocycles. The predicted molar refractivity (Wildman–Crippen MR) is 74.2 cm³/mol. The van der Waals surface area contributed by atoms with E-state index in [0.29, 0.717) is 6.04 Å². The van der Waals surface area contributed by atoms with E-state index in [4.69, 9.17) is 0 Å². The monoisotopic (exact) mass is 244 g/mol. The summed E-state index contributed by atoms with van der Waals surface area (Å²) in [6.07, 6.45) is 7.89. The van der Waals surface area contributed by atoms with Gasteiger partial charge in [0.2, 0.25) is 0 Å². The van der Waals surface area contributed by atoms with Gasteiger partial charge in [-0.05, 0) is 62.5 Å². The molecule has 1 aromatic heterocycles. The first kappa shape index (κ1) is 12.2. The fraction of sp³-hybridized carbons (Fsp3) is 0.688. The van der Waals surface area contributed by atoms with Crippen LogP contribution in [0, 0.1) is 24.7 Å². The van der Waals surface area contributed by atoms with Crippen molar-refractivity contribution in [1.29, 1.82) is 0 Å². The lowest BCUT2D eigenvalue weighted by molar-refractivity contribution is 0.259. The zero-order valence-electron chi connectivity index (χ0n) is 11.5. The number of hydrogen-bond donors (Lipinski definition) is 1. The van der Waals surface area contributed by atoms with Crippen LogP contribution < -0.4 is 5.32 Å². The highest BCUT2D eigenvalue weighted by Crippen LogP contribution is 2.49. The van der Waals surface area contributed by atoms with Crippen LogP contribution in [-0.4, -0.2) is 11.0 Å². The summed E-state index contributed by atoms with van der Waals surface area (Å²) in [4.78, 5) is 4.46. The van der Waals surface area contributed by atoms with Crippen molar-refractivity contribution in [3.05, 3.63) is 29.6 Å². The number of fused-ring (bicyclic) bond motifs is 2. The molecule has 2 bridgehead atoms. The fourth-order valence-corrected chi connectivity index (χ4v) is 3.93. The van der Waals surface area contributed by atoms with Crippen molar-refractivity contribution in [1.82, 2.24) is 10.3 Å². The van der Waals surface area contributed by atoms with Gasteiger partial charge in [-0.15, -0.1) is 0 Å². The van der Waals surface area contributed by atoms with Crippen LogP contribution >= 0.6 is 0 Å². The van der Waals surface area contributed by atoms with Gasteiger partial charge in [-0.3, -0.25) is 4.98 Å². The fourth-order valence-electron chi connectivity index (χ4n) is 3.93. The third-order valence-corrected chi connectivity index (χ3v) is 5.01. The second-order valence-corrected chi connectivity index (χ2v) is 6.34. The number of nitrogens with zero attached hydrogens (tertiary/aromatic N) is 1. The van der Waals surface area contributed by atoms with E-state index in [0.717, 1.165) is 30.0 Å². The van der Waals surface area contributed by atoms with E-state index in [-0.39, 0.29) is 0 Å². The normalized spacial score (nSPS) is 31.8. The van der Waals surface area contributed by atoms with Crippen LogP contribution in [-0.2, 0) is 6.54 Å². The Labute approximate surface area is 110 Å². The van der Waals surface area contributed by atoms with Crippen LogP contribution in [0.2, 0.25) is 0 Å². The summed E-state index contributed by atoms with van der Waals surface area (Å²) in [5, 5.41) is 3.68. The van der Waals surface area contributed by atoms with E-state index >= 15 is 0 Å². The van der Waals surface area contributed by atoms with Crippen LogP contribution in [0.25, 0.3) is 0 Å². The molecule has 0 amide bonds. The largest absolute Gasteiger partial charge is 0.308 e. The molecule has 1 aromatic rings. The highest BCUT2D eigenvalue weighted by atomic mass is 14.9. The first-order valence-corrected chi connectivity index (χ1v) is 7.37. The molecule has 1 heterocycles. The standard InChI is InChI=1S/C16H24N2/c1-11-3-6-15(18-9-11)10-17-12(2)16-8-13-4-5-14(16)7-13/h3,6,9,12-14,16-17H,4-5,7-8,10H2,1-2H3. The van der Waals surface area contributed by atoms with Crippen molar-refractivity contribution in [2.75, 3.05) is 0 Å². The lowest BCUT2D eigenvalue weighted by Crippen LogP contribution is -2.36. The summed E-state index contributed by atoms with van der Waals surface area (Å²) in [5.74, 6) is 2.96. The molecule has 0 aliphatic heterocycles. The van der Waals surface area contributed by atoms with Gasteiger partial charge in [-0.1, -0.05) is 12.5 Å². The summed E-state index contributed by atoms with van der Waals surface area (Å²) in [6, 6.07) is 4.92. The van der Waals surface area contributed by atoms with E-state index in [2.05, 4.69) is 36.3 Å². The topological polar surface area (TPSA) is 24.9 Å². The minimum absolute atomic E-state index is 0.642. The zero-order valence-corrected chi connectivity index (χ0v) is 11.5. The molecular weight excluding hydrogens is 220 g/mol. The van der Waals surface area contributed by atoms with Crippen molar-refractivity contribution in [2.24, 2.45) is 17.8 Å². The third kappa shape index (κ3) is 2.44. The van der Waals surface area contributed by atoms with Gasteiger partial charge in [0.25, 0.3) is 0 Å². The number of pyridine rings is 1. The lowest BCUT2D eigenvalue weighted by atomic mass is 9.84. The smallest absolute Gasteiger partial charge is 0.0541 e. The van der Waals surface area contributed by atoms with Crippen LogP contribution in [0.5, 0.6) is 0 Å². The molecule has 0 aromatic carbocycles. The average molecular weight is 244 g/mol. The summed E-state index contributed by atoms with van der Waals surface area (Å²) in [6.45, 7) is 5.36. The maximum absolute atomic E-state index is 4.46. The van der Waals surface area contributed by atoms with E-state index in [1.807, 2.05) is 6.20 Å². The number of rotatable bonds is 4. The van der Waals surface area contributed by atoms with Crippen LogP contribution in [0.3, 0.4) is 0 Å². The van der Waals surface area contributed by atoms with E-state index in [1.54, 1.807) is 0 Å². The summed E-state index contributed by atoms with van der Waals surface area (Å²) in [7, 11) is 0. The van der Waals surface area contributed by atoms with Crippen molar-refractivity contribution in [2.45, 2.75) is 52.1 Å². The van der Waals surface area contributed by atoms with Gasteiger partial charge >= 0.3 is 0 Å². The molecule has 0 radical (unpaired) electrons. The first-order chi connectivity index (χ1) is 8.72. The lowest BCUT2D eigenvalue weighted by Gasteiger charge is -2.28. The molecule has 3 rings (SSSR count). The minimum atomic E-state index is 0.642. The van der Waals surface area contributed by atoms with Crippen molar-refractivity contribution in [3.8, 4) is 0 Å². The van der Waals surface area contributed by atoms with Crippen molar-refractivity contribution in [3.63, 3.8) is 0 Å². The van der Waals surface area contributed by atoms with E-state index in [1.165, 1.54) is 31.2 Å². The molecule has 2 heteroatoms. The van der Waals surface area contributed by atoms with Crippen molar-refractivity contribution >= 4 is 0 Å². The summed E-state index contributed by atoms with van der Waals surface area (Å²) < 4.78 is 0. The molecule has 2 fully saturated rings. The van der Waals surface area contributed by atoms with Gasteiger partial charge in [-0.2, -0.15) is 0 Å².